The van der Waals surface area contributed by atoms with E-state index >= 15 is 0 Å². The number of carbonyl (C=O) groups is 1. The van der Waals surface area contributed by atoms with Gasteiger partial charge in [-0.25, -0.2) is 14.8 Å². The predicted molar refractivity (Wildman–Crippen MR) is 78.2 cm³/mol. The summed E-state index contributed by atoms with van der Waals surface area (Å²) in [4.78, 5) is 20.1. The van der Waals surface area contributed by atoms with Gasteiger partial charge < -0.3 is 9.64 Å². The van der Waals surface area contributed by atoms with Gasteiger partial charge in [-0.1, -0.05) is 18.2 Å². The Kier molecular flexibility index (Phi) is 4.29. The van der Waals surface area contributed by atoms with Crippen LogP contribution >= 0.6 is 11.8 Å². The number of halogens is 3. The number of nitrogens with zero attached hydrogens (tertiary/aromatic N) is 3. The Labute approximate surface area is 133 Å². The number of carbonyl (C=O) groups excluding carboxylic acids is 1. The average Bonchev–Trinajstić information content (AvgIpc) is 2.91. The molecule has 0 N–H and O–H groups in total. The van der Waals surface area contributed by atoms with E-state index in [9.17, 15) is 18.0 Å². The fourth-order valence-electron chi connectivity index (χ4n) is 2.17. The molecule has 3 rings (SSSR count). The molecule has 1 aromatic carbocycles. The molecule has 2 heterocycles. The summed E-state index contributed by atoms with van der Waals surface area (Å²) in [5, 5.41) is 0.824. The van der Waals surface area contributed by atoms with Crippen molar-refractivity contribution in [3.63, 3.8) is 0 Å². The van der Waals surface area contributed by atoms with E-state index in [0.717, 1.165) is 0 Å². The maximum Gasteiger partial charge on any atom is 0.451 e. The molecule has 1 saturated heterocycles. The van der Waals surface area contributed by atoms with E-state index in [1.165, 1.54) is 22.7 Å². The van der Waals surface area contributed by atoms with Gasteiger partial charge >= 0.3 is 12.3 Å². The van der Waals surface area contributed by atoms with Crippen molar-refractivity contribution >= 4 is 28.8 Å². The fraction of sp³-hybridized carbons (Fsp3) is 0.357. The normalized spacial score (nSPS) is 15.3. The van der Waals surface area contributed by atoms with Crippen LogP contribution in [0.15, 0.2) is 29.3 Å². The van der Waals surface area contributed by atoms with Crippen molar-refractivity contribution in [2.45, 2.75) is 11.2 Å². The van der Waals surface area contributed by atoms with E-state index in [4.69, 9.17) is 4.74 Å². The van der Waals surface area contributed by atoms with Gasteiger partial charge in [-0.2, -0.15) is 13.2 Å². The number of para-hydroxylation sites is 1. The van der Waals surface area contributed by atoms with Crippen LogP contribution < -0.4 is 0 Å². The predicted octanol–water partition coefficient (Wildman–Crippen LogP) is 3.19. The SMILES string of the molecule is O=C1OCCN1CCSc1nc(C(F)(F)F)nc2ccccc12. The molecular formula is C14H12F3N3O2S. The quantitative estimate of drug-likeness (QED) is 0.630. The van der Waals surface area contributed by atoms with Gasteiger partial charge in [0.1, 0.15) is 11.6 Å². The third-order valence-corrected chi connectivity index (χ3v) is 4.24. The van der Waals surface area contributed by atoms with Crippen LogP contribution in [0.5, 0.6) is 0 Å². The zero-order chi connectivity index (χ0) is 16.4. The molecule has 0 unspecified atom stereocenters. The molecule has 1 aliphatic heterocycles. The van der Waals surface area contributed by atoms with Crippen LogP contribution in [-0.2, 0) is 10.9 Å². The lowest BCUT2D eigenvalue weighted by molar-refractivity contribution is -0.145. The Balaban J connectivity index is 1.82. The van der Waals surface area contributed by atoms with Crippen LogP contribution in [0, 0.1) is 0 Å². The van der Waals surface area contributed by atoms with Crippen LogP contribution in [0.2, 0.25) is 0 Å². The van der Waals surface area contributed by atoms with Crippen LogP contribution in [0.25, 0.3) is 10.9 Å². The first-order valence-electron chi connectivity index (χ1n) is 6.83. The molecule has 5 nitrogen and oxygen atoms in total. The number of alkyl halides is 3. The van der Waals surface area contributed by atoms with Gasteiger partial charge in [-0.05, 0) is 6.07 Å². The van der Waals surface area contributed by atoms with E-state index in [1.807, 2.05) is 0 Å². The highest BCUT2D eigenvalue weighted by Gasteiger charge is 2.35. The molecule has 1 amide bonds. The number of cyclic esters (lactones) is 1. The van der Waals surface area contributed by atoms with E-state index in [-0.39, 0.29) is 10.5 Å². The molecule has 0 atom stereocenters. The smallest absolute Gasteiger partial charge is 0.448 e. The molecule has 0 spiro atoms. The minimum Gasteiger partial charge on any atom is -0.448 e. The standard InChI is InChI=1S/C14H12F3N3O2S/c15-14(16,17)12-18-10-4-2-1-3-9(10)11(19-12)23-8-6-20-5-7-22-13(20)21/h1-4H,5-8H2. The van der Waals surface area contributed by atoms with Gasteiger partial charge in [-0.3, -0.25) is 0 Å². The minimum atomic E-state index is -4.60. The molecule has 2 aromatic rings. The summed E-state index contributed by atoms with van der Waals surface area (Å²) in [7, 11) is 0. The largest absolute Gasteiger partial charge is 0.451 e. The van der Waals surface area contributed by atoms with Crippen LogP contribution in [0.4, 0.5) is 18.0 Å². The summed E-state index contributed by atoms with van der Waals surface area (Å²) in [5.74, 6) is -0.729. The molecule has 1 aromatic heterocycles. The number of aromatic nitrogens is 2. The molecule has 0 aliphatic carbocycles. The Bertz CT molecular complexity index is 739. The molecule has 0 saturated carbocycles. The van der Waals surface area contributed by atoms with Crippen molar-refractivity contribution in [1.82, 2.24) is 14.9 Å². The highest BCUT2D eigenvalue weighted by molar-refractivity contribution is 7.99. The number of benzene rings is 1. The first-order valence-corrected chi connectivity index (χ1v) is 7.82. The monoisotopic (exact) mass is 343 g/mol. The molecule has 9 heteroatoms. The zero-order valence-corrected chi connectivity index (χ0v) is 12.7. The highest BCUT2D eigenvalue weighted by atomic mass is 32.2. The summed E-state index contributed by atoms with van der Waals surface area (Å²) in [6, 6.07) is 6.56. The number of thioether (sulfide) groups is 1. The first-order chi connectivity index (χ1) is 10.9. The Morgan fingerprint density at radius 2 is 2.04 bits per heavy atom. The van der Waals surface area contributed by atoms with Crippen molar-refractivity contribution in [1.29, 1.82) is 0 Å². The summed E-state index contributed by atoms with van der Waals surface area (Å²) in [6.07, 6.45) is -4.99. The topological polar surface area (TPSA) is 55.3 Å². The van der Waals surface area contributed by atoms with Crippen molar-refractivity contribution in [3.05, 3.63) is 30.1 Å². The minimum absolute atomic E-state index is 0.248. The second kappa shape index (κ2) is 6.23. The van der Waals surface area contributed by atoms with E-state index in [0.29, 0.717) is 30.8 Å². The number of hydrogen-bond donors (Lipinski definition) is 0. The van der Waals surface area contributed by atoms with Gasteiger partial charge in [0.05, 0.1) is 12.1 Å². The lowest BCUT2D eigenvalue weighted by Gasteiger charge is -2.13. The highest BCUT2D eigenvalue weighted by Crippen LogP contribution is 2.32. The van der Waals surface area contributed by atoms with E-state index in [1.54, 1.807) is 18.2 Å². The summed E-state index contributed by atoms with van der Waals surface area (Å²) in [6.45, 7) is 1.24. The molecule has 23 heavy (non-hydrogen) atoms. The molecule has 122 valence electrons. The van der Waals surface area contributed by atoms with Gasteiger partial charge in [0.2, 0.25) is 5.82 Å². The summed E-state index contributed by atoms with van der Waals surface area (Å²) < 4.78 is 43.5. The Morgan fingerprint density at radius 1 is 1.26 bits per heavy atom. The van der Waals surface area contributed by atoms with Crippen molar-refractivity contribution in [2.75, 3.05) is 25.4 Å². The zero-order valence-electron chi connectivity index (χ0n) is 11.8. The van der Waals surface area contributed by atoms with Gasteiger partial charge in [-0.15, -0.1) is 11.8 Å². The van der Waals surface area contributed by atoms with Crippen LogP contribution in [0.3, 0.4) is 0 Å². The van der Waals surface area contributed by atoms with E-state index < -0.39 is 18.1 Å². The second-order valence-corrected chi connectivity index (χ2v) is 5.90. The number of ether oxygens (including phenoxy) is 1. The number of amides is 1. The average molecular weight is 343 g/mol. The van der Waals surface area contributed by atoms with Gasteiger partial charge in [0.25, 0.3) is 0 Å². The number of fused-ring (bicyclic) bond motifs is 1. The lowest BCUT2D eigenvalue weighted by atomic mass is 10.2. The van der Waals surface area contributed by atoms with Crippen LogP contribution in [-0.4, -0.2) is 46.4 Å². The van der Waals surface area contributed by atoms with Crippen molar-refractivity contribution < 1.29 is 22.7 Å². The van der Waals surface area contributed by atoms with Crippen LogP contribution in [0.1, 0.15) is 5.82 Å². The molecule has 0 bridgehead atoms. The second-order valence-electron chi connectivity index (χ2n) is 4.82. The molecule has 1 fully saturated rings. The van der Waals surface area contributed by atoms with Gasteiger partial charge in [0.15, 0.2) is 0 Å². The maximum absolute atomic E-state index is 12.9. The molecule has 1 aliphatic rings. The molecular weight excluding hydrogens is 331 g/mol. The van der Waals surface area contributed by atoms with E-state index in [2.05, 4.69) is 9.97 Å². The fourth-order valence-corrected chi connectivity index (χ4v) is 3.15. The van der Waals surface area contributed by atoms with Crippen molar-refractivity contribution in [3.8, 4) is 0 Å². The molecule has 0 radical (unpaired) electrons. The maximum atomic E-state index is 12.9. The Morgan fingerprint density at radius 3 is 2.74 bits per heavy atom. The number of hydrogen-bond acceptors (Lipinski definition) is 5. The first kappa shape index (κ1) is 15.9. The summed E-state index contributed by atoms with van der Waals surface area (Å²) >= 11 is 1.17. The summed E-state index contributed by atoms with van der Waals surface area (Å²) in [5.41, 5.74) is 0.248. The third-order valence-electron chi connectivity index (χ3n) is 3.27. The van der Waals surface area contributed by atoms with Crippen molar-refractivity contribution in [2.24, 2.45) is 0 Å². The van der Waals surface area contributed by atoms with Gasteiger partial charge in [0, 0.05) is 17.7 Å². The third kappa shape index (κ3) is 3.49. The lowest BCUT2D eigenvalue weighted by Crippen LogP contribution is -2.26. The number of rotatable bonds is 4. The Hall–Kier alpha value is -2.03.